The van der Waals surface area contributed by atoms with Gasteiger partial charge in [0.05, 0.1) is 21.1 Å². The van der Waals surface area contributed by atoms with E-state index in [1.165, 1.54) is 22.7 Å². The van der Waals surface area contributed by atoms with Crippen LogP contribution in [0.5, 0.6) is 0 Å². The lowest BCUT2D eigenvalue weighted by Crippen LogP contribution is -2.46. The minimum absolute atomic E-state index is 0.00421. The molecule has 1 aliphatic rings. The number of benzene rings is 2. The average Bonchev–Trinajstić information content (AvgIpc) is 3.72. The first-order chi connectivity index (χ1) is 21.6. The smallest absolute Gasteiger partial charge is 0.186 e. The molecule has 0 unspecified atom stereocenters. The van der Waals surface area contributed by atoms with Gasteiger partial charge >= 0.3 is 0 Å². The summed E-state index contributed by atoms with van der Waals surface area (Å²) in [6.07, 6.45) is 0. The minimum Gasteiger partial charge on any atom is -0.345 e. The van der Waals surface area contributed by atoms with E-state index in [0.29, 0.717) is 57.6 Å². The fourth-order valence-corrected chi connectivity index (χ4v) is 6.90. The molecule has 0 atom stereocenters. The van der Waals surface area contributed by atoms with Crippen molar-refractivity contribution in [3.05, 3.63) is 81.6 Å². The molecule has 12 heteroatoms. The highest BCUT2D eigenvalue weighted by molar-refractivity contribution is 7.17. The van der Waals surface area contributed by atoms with Crippen molar-refractivity contribution in [2.75, 3.05) is 36.0 Å². The fourth-order valence-electron chi connectivity index (χ4n) is 4.61. The number of thiazole rings is 2. The molecule has 1 fully saturated rings. The normalized spacial score (nSPS) is 12.0. The molecule has 0 bridgehead atoms. The second-order valence-electron chi connectivity index (χ2n) is 9.23. The second-order valence-corrected chi connectivity index (χ2v) is 11.2. The molecule has 5 rings (SSSR count). The number of nitrogens with zero attached hydrogens (tertiary/aromatic N) is 10. The summed E-state index contributed by atoms with van der Waals surface area (Å²) in [5, 5.41) is 59.0. The highest BCUT2D eigenvalue weighted by Crippen LogP contribution is 2.41. The molecule has 44 heavy (non-hydrogen) atoms. The van der Waals surface area contributed by atoms with Crippen LogP contribution in [0.2, 0.25) is 0 Å². The zero-order valence-corrected chi connectivity index (χ0v) is 24.5. The number of allylic oxidation sites excluding steroid dienone is 4. The van der Waals surface area contributed by atoms with Gasteiger partial charge in [-0.2, -0.15) is 31.6 Å². The summed E-state index contributed by atoms with van der Waals surface area (Å²) < 4.78 is 0. The Morgan fingerprint density at radius 1 is 0.523 bits per heavy atom. The molecule has 10 nitrogen and oxygen atoms in total. The van der Waals surface area contributed by atoms with E-state index in [1.54, 1.807) is 0 Å². The van der Waals surface area contributed by atoms with Gasteiger partial charge in [0.1, 0.15) is 58.7 Å². The van der Waals surface area contributed by atoms with E-state index in [2.05, 4.69) is 9.80 Å². The highest BCUT2D eigenvalue weighted by Gasteiger charge is 2.28. The topological polar surface area (TPSA) is 175 Å². The Morgan fingerprint density at radius 2 is 0.864 bits per heavy atom. The largest absolute Gasteiger partial charge is 0.345 e. The highest BCUT2D eigenvalue weighted by atomic mass is 32.1. The molecule has 1 aliphatic heterocycles. The number of aromatic nitrogens is 2. The van der Waals surface area contributed by atoms with Gasteiger partial charge in [0.2, 0.25) is 0 Å². The Hall–Kier alpha value is -6.28. The fraction of sp³-hybridized carbons (Fsp3) is 0.125. The molecule has 208 valence electrons. The predicted molar refractivity (Wildman–Crippen MR) is 167 cm³/mol. The molecule has 0 spiro atoms. The molecule has 0 amide bonds. The third kappa shape index (κ3) is 5.60. The lowest BCUT2D eigenvalue weighted by Gasteiger charge is -2.34. The van der Waals surface area contributed by atoms with Gasteiger partial charge in [-0.3, -0.25) is 0 Å². The summed E-state index contributed by atoms with van der Waals surface area (Å²) in [7, 11) is 0. The van der Waals surface area contributed by atoms with E-state index >= 15 is 0 Å². The van der Waals surface area contributed by atoms with Crippen molar-refractivity contribution in [2.45, 2.75) is 0 Å². The van der Waals surface area contributed by atoms with Crippen molar-refractivity contribution in [3.63, 3.8) is 0 Å². The average molecular weight is 607 g/mol. The maximum Gasteiger partial charge on any atom is 0.186 e. The standard InChI is InChI=1S/C32H18N10S2/c33-15-23(16-34)25(19-37)29-27(21-7-3-1-4-8-21)39-31(43-29)41-11-13-42(14-12-41)32-40-28(22-9-5-2-6-10-22)30(44-32)26(20-38)24(17-35)18-36/h1-10H,11-14H2. The molecule has 2 aromatic carbocycles. The van der Waals surface area contributed by atoms with Gasteiger partial charge in [0.15, 0.2) is 10.3 Å². The van der Waals surface area contributed by atoms with Gasteiger partial charge in [0, 0.05) is 37.3 Å². The van der Waals surface area contributed by atoms with Crippen molar-refractivity contribution in [1.82, 2.24) is 9.97 Å². The summed E-state index contributed by atoms with van der Waals surface area (Å²) in [5.74, 6) is 0. The third-order valence-corrected chi connectivity index (χ3v) is 9.04. The van der Waals surface area contributed by atoms with E-state index < -0.39 is 0 Å². The lowest BCUT2D eigenvalue weighted by molar-refractivity contribution is 0.651. The Labute approximate surface area is 261 Å². The van der Waals surface area contributed by atoms with Gasteiger partial charge in [-0.05, 0) is 0 Å². The summed E-state index contributed by atoms with van der Waals surface area (Å²) >= 11 is 2.53. The second kappa shape index (κ2) is 13.1. The number of nitriles is 6. The molecular formula is C32H18N10S2. The van der Waals surface area contributed by atoms with Crippen LogP contribution in [0.3, 0.4) is 0 Å². The third-order valence-electron chi connectivity index (χ3n) is 6.77. The van der Waals surface area contributed by atoms with E-state index in [0.717, 1.165) is 11.1 Å². The van der Waals surface area contributed by atoms with Crippen molar-refractivity contribution in [1.29, 1.82) is 31.6 Å². The maximum absolute atomic E-state index is 9.88. The number of hydrogen-bond donors (Lipinski definition) is 0. The first kappa shape index (κ1) is 29.2. The van der Waals surface area contributed by atoms with Crippen LogP contribution in [0, 0.1) is 68.0 Å². The van der Waals surface area contributed by atoms with E-state index in [4.69, 9.17) is 9.97 Å². The van der Waals surface area contributed by atoms with Crippen LogP contribution in [-0.2, 0) is 0 Å². The van der Waals surface area contributed by atoms with Crippen LogP contribution in [-0.4, -0.2) is 36.1 Å². The first-order valence-electron chi connectivity index (χ1n) is 13.1. The molecule has 4 aromatic rings. The minimum atomic E-state index is -0.264. The molecule has 0 N–H and O–H groups in total. The van der Waals surface area contributed by atoms with Crippen molar-refractivity contribution < 1.29 is 0 Å². The van der Waals surface area contributed by atoms with Crippen molar-refractivity contribution >= 4 is 44.1 Å². The monoisotopic (exact) mass is 606 g/mol. The number of anilines is 2. The lowest BCUT2D eigenvalue weighted by atomic mass is 10.0. The molecule has 2 aromatic heterocycles. The summed E-state index contributed by atoms with van der Waals surface area (Å²) in [5.41, 5.74) is 2.07. The van der Waals surface area contributed by atoms with Crippen LogP contribution in [0.25, 0.3) is 33.7 Å². The van der Waals surface area contributed by atoms with E-state index in [-0.39, 0.29) is 22.3 Å². The summed E-state index contributed by atoms with van der Waals surface area (Å²) in [6, 6.07) is 30.0. The maximum atomic E-state index is 9.88. The van der Waals surface area contributed by atoms with E-state index in [1.807, 2.05) is 97.1 Å². The van der Waals surface area contributed by atoms with Crippen LogP contribution in [0.15, 0.2) is 71.8 Å². The summed E-state index contributed by atoms with van der Waals surface area (Å²) in [6.45, 7) is 2.26. The predicted octanol–water partition coefficient (Wildman–Crippen LogP) is 5.91. The van der Waals surface area contributed by atoms with Crippen LogP contribution in [0.4, 0.5) is 10.3 Å². The van der Waals surface area contributed by atoms with Gasteiger partial charge in [-0.25, -0.2) is 9.97 Å². The van der Waals surface area contributed by atoms with Crippen LogP contribution in [0.1, 0.15) is 9.75 Å². The van der Waals surface area contributed by atoms with Crippen molar-refractivity contribution in [3.8, 4) is 58.9 Å². The number of rotatable bonds is 6. The van der Waals surface area contributed by atoms with Gasteiger partial charge in [-0.15, -0.1) is 0 Å². The number of hydrogen-bond acceptors (Lipinski definition) is 12. The zero-order chi connectivity index (χ0) is 31.1. The molecular weight excluding hydrogens is 589 g/mol. The Morgan fingerprint density at radius 3 is 1.16 bits per heavy atom. The Bertz CT molecular complexity index is 1860. The quantitative estimate of drug-likeness (QED) is 0.240. The van der Waals surface area contributed by atoms with Gasteiger partial charge in [0.25, 0.3) is 0 Å². The molecule has 0 radical (unpaired) electrons. The van der Waals surface area contributed by atoms with E-state index in [9.17, 15) is 31.6 Å². The summed E-state index contributed by atoms with van der Waals surface area (Å²) in [4.78, 5) is 14.8. The SMILES string of the molecule is N#CC(C#N)=C(C#N)c1sc(N2CCN(c3nc(-c4ccccc4)c(C(C#N)=C(C#N)C#N)s3)CC2)nc1-c1ccccc1. The van der Waals surface area contributed by atoms with Crippen LogP contribution >= 0.6 is 22.7 Å². The molecule has 0 aliphatic carbocycles. The van der Waals surface area contributed by atoms with Gasteiger partial charge < -0.3 is 9.80 Å². The van der Waals surface area contributed by atoms with Gasteiger partial charge in [-0.1, -0.05) is 83.3 Å². The van der Waals surface area contributed by atoms with Crippen LogP contribution < -0.4 is 9.80 Å². The number of piperazine rings is 1. The Kier molecular flexibility index (Phi) is 8.72. The molecule has 0 saturated carbocycles. The molecule has 1 saturated heterocycles. The Balaban J connectivity index is 1.48. The molecule has 3 heterocycles. The zero-order valence-electron chi connectivity index (χ0n) is 22.9. The van der Waals surface area contributed by atoms with Crippen molar-refractivity contribution in [2.24, 2.45) is 0 Å². The first-order valence-corrected chi connectivity index (χ1v) is 14.7.